The van der Waals surface area contributed by atoms with Crippen LogP contribution in [0.15, 0.2) is 36.4 Å². The van der Waals surface area contributed by atoms with Gasteiger partial charge in [0.1, 0.15) is 5.75 Å². The lowest BCUT2D eigenvalue weighted by atomic mass is 9.78. The number of ether oxygens (including phenoxy) is 1. The van der Waals surface area contributed by atoms with Crippen molar-refractivity contribution in [3.63, 3.8) is 0 Å². The third-order valence-electron chi connectivity index (χ3n) is 5.84. The predicted molar refractivity (Wildman–Crippen MR) is 113 cm³/mol. The molecule has 6 heteroatoms. The summed E-state index contributed by atoms with van der Waals surface area (Å²) in [6.45, 7) is 13.6. The molecule has 0 spiro atoms. The molecule has 1 saturated heterocycles. The molecule has 5 nitrogen and oxygen atoms in total. The standard InChI is InChI=1S/C22H30BNO4/c1-7-24(8-2)20(25)15-26-19-12-10-16-9-11-18(13-17(16)14-19)23-27-21(3,4)22(5,6)28-23/h9-14H,7-8,15H2,1-6H3. The first-order valence-corrected chi connectivity index (χ1v) is 9.97. The lowest BCUT2D eigenvalue weighted by molar-refractivity contribution is -0.132. The maximum absolute atomic E-state index is 12.2. The summed E-state index contributed by atoms with van der Waals surface area (Å²) in [7, 11) is -0.400. The molecule has 1 heterocycles. The van der Waals surface area contributed by atoms with Gasteiger partial charge in [0.05, 0.1) is 11.2 Å². The van der Waals surface area contributed by atoms with Gasteiger partial charge in [-0.1, -0.05) is 24.3 Å². The highest BCUT2D eigenvalue weighted by Gasteiger charge is 2.51. The van der Waals surface area contributed by atoms with Gasteiger partial charge in [-0.3, -0.25) is 4.79 Å². The summed E-state index contributed by atoms with van der Waals surface area (Å²) in [6, 6.07) is 12.0. The van der Waals surface area contributed by atoms with Crippen molar-refractivity contribution in [3.05, 3.63) is 36.4 Å². The van der Waals surface area contributed by atoms with Crippen molar-refractivity contribution in [2.45, 2.75) is 52.7 Å². The van der Waals surface area contributed by atoms with E-state index in [-0.39, 0.29) is 23.7 Å². The van der Waals surface area contributed by atoms with E-state index in [9.17, 15) is 4.79 Å². The third kappa shape index (κ3) is 4.03. The molecule has 3 rings (SSSR count). The Morgan fingerprint density at radius 1 is 0.964 bits per heavy atom. The van der Waals surface area contributed by atoms with Gasteiger partial charge in [-0.05, 0) is 69.9 Å². The van der Waals surface area contributed by atoms with Crippen molar-refractivity contribution < 1.29 is 18.8 Å². The molecule has 0 bridgehead atoms. The molecule has 1 fully saturated rings. The van der Waals surface area contributed by atoms with Crippen LogP contribution in [0, 0.1) is 0 Å². The van der Waals surface area contributed by atoms with Crippen LogP contribution >= 0.6 is 0 Å². The van der Waals surface area contributed by atoms with Crippen molar-refractivity contribution in [1.82, 2.24) is 4.90 Å². The van der Waals surface area contributed by atoms with E-state index in [1.54, 1.807) is 4.90 Å². The zero-order valence-corrected chi connectivity index (χ0v) is 17.7. The van der Waals surface area contributed by atoms with Gasteiger partial charge in [-0.15, -0.1) is 0 Å². The third-order valence-corrected chi connectivity index (χ3v) is 5.84. The maximum Gasteiger partial charge on any atom is 0.494 e. The van der Waals surface area contributed by atoms with Crippen LogP contribution in [0.3, 0.4) is 0 Å². The number of benzene rings is 2. The summed E-state index contributed by atoms with van der Waals surface area (Å²) in [5.74, 6) is 0.676. The highest BCUT2D eigenvalue weighted by molar-refractivity contribution is 6.62. The molecule has 0 unspecified atom stereocenters. The number of amides is 1. The molecule has 150 valence electrons. The van der Waals surface area contributed by atoms with Gasteiger partial charge in [0.25, 0.3) is 5.91 Å². The van der Waals surface area contributed by atoms with E-state index >= 15 is 0 Å². The summed E-state index contributed by atoms with van der Waals surface area (Å²) in [6.07, 6.45) is 0. The van der Waals surface area contributed by atoms with Gasteiger partial charge < -0.3 is 18.9 Å². The highest BCUT2D eigenvalue weighted by Crippen LogP contribution is 2.36. The molecule has 2 aromatic rings. The lowest BCUT2D eigenvalue weighted by Crippen LogP contribution is -2.41. The summed E-state index contributed by atoms with van der Waals surface area (Å²) in [5.41, 5.74) is 0.229. The van der Waals surface area contributed by atoms with Crippen molar-refractivity contribution >= 4 is 29.3 Å². The number of fused-ring (bicyclic) bond motifs is 1. The fraction of sp³-hybridized carbons (Fsp3) is 0.500. The fourth-order valence-corrected chi connectivity index (χ4v) is 3.27. The van der Waals surface area contributed by atoms with Crippen LogP contribution in [-0.2, 0) is 14.1 Å². The SMILES string of the molecule is CCN(CC)C(=O)COc1ccc2ccc(B3OC(C)(C)C(C)(C)O3)cc2c1. The Morgan fingerprint density at radius 2 is 1.57 bits per heavy atom. The molecule has 0 saturated carbocycles. The minimum Gasteiger partial charge on any atom is -0.484 e. The number of carbonyl (C=O) groups is 1. The molecule has 1 aliphatic heterocycles. The van der Waals surface area contributed by atoms with Gasteiger partial charge in [0, 0.05) is 13.1 Å². The molecular formula is C22H30BNO4. The van der Waals surface area contributed by atoms with Gasteiger partial charge in [0.2, 0.25) is 0 Å². The average Bonchev–Trinajstić information content (AvgIpc) is 2.87. The van der Waals surface area contributed by atoms with E-state index in [4.69, 9.17) is 14.0 Å². The summed E-state index contributed by atoms with van der Waals surface area (Å²) < 4.78 is 18.0. The largest absolute Gasteiger partial charge is 0.494 e. The predicted octanol–water partition coefficient (Wildman–Crippen LogP) is 3.39. The van der Waals surface area contributed by atoms with E-state index in [0.29, 0.717) is 18.8 Å². The van der Waals surface area contributed by atoms with E-state index in [2.05, 4.69) is 12.1 Å². The first-order chi connectivity index (χ1) is 13.2. The van der Waals surface area contributed by atoms with Gasteiger partial charge in [-0.25, -0.2) is 0 Å². The van der Waals surface area contributed by atoms with E-state index in [0.717, 1.165) is 16.2 Å². The number of likely N-dealkylation sites (N-methyl/N-ethyl adjacent to an activating group) is 1. The van der Waals surface area contributed by atoms with Crippen LogP contribution < -0.4 is 10.2 Å². The number of hydrogen-bond donors (Lipinski definition) is 0. The van der Waals surface area contributed by atoms with Crippen molar-refractivity contribution in [2.24, 2.45) is 0 Å². The molecule has 0 atom stereocenters. The average molecular weight is 383 g/mol. The van der Waals surface area contributed by atoms with E-state index in [1.807, 2.05) is 65.8 Å². The zero-order valence-electron chi connectivity index (χ0n) is 17.7. The van der Waals surface area contributed by atoms with Crippen LogP contribution in [0.2, 0.25) is 0 Å². The summed E-state index contributed by atoms with van der Waals surface area (Å²) in [4.78, 5) is 13.9. The van der Waals surface area contributed by atoms with Crippen LogP contribution in [-0.4, -0.2) is 48.8 Å². The molecule has 1 amide bonds. The van der Waals surface area contributed by atoms with Crippen LogP contribution in [0.1, 0.15) is 41.5 Å². The molecule has 0 radical (unpaired) electrons. The molecule has 1 aliphatic rings. The maximum atomic E-state index is 12.2. The van der Waals surface area contributed by atoms with Crippen LogP contribution in [0.5, 0.6) is 5.75 Å². The Kier molecular flexibility index (Phi) is 5.73. The Hall–Kier alpha value is -2.05. The topological polar surface area (TPSA) is 48.0 Å². The summed E-state index contributed by atoms with van der Waals surface area (Å²) >= 11 is 0. The van der Waals surface area contributed by atoms with Crippen molar-refractivity contribution in [1.29, 1.82) is 0 Å². The first-order valence-electron chi connectivity index (χ1n) is 9.97. The molecule has 28 heavy (non-hydrogen) atoms. The second kappa shape index (κ2) is 7.76. The Labute approximate surface area is 168 Å². The monoisotopic (exact) mass is 383 g/mol. The van der Waals surface area contributed by atoms with Crippen molar-refractivity contribution in [2.75, 3.05) is 19.7 Å². The second-order valence-corrected chi connectivity index (χ2v) is 8.21. The Bertz CT molecular complexity index is 845. The number of rotatable bonds is 6. The van der Waals surface area contributed by atoms with E-state index in [1.165, 1.54) is 0 Å². The van der Waals surface area contributed by atoms with Gasteiger partial charge in [0.15, 0.2) is 6.61 Å². The molecule has 0 aromatic heterocycles. The van der Waals surface area contributed by atoms with Gasteiger partial charge >= 0.3 is 7.12 Å². The Morgan fingerprint density at radius 3 is 2.18 bits per heavy atom. The summed E-state index contributed by atoms with van der Waals surface area (Å²) in [5, 5.41) is 2.13. The highest BCUT2D eigenvalue weighted by atomic mass is 16.7. The normalized spacial score (nSPS) is 17.7. The van der Waals surface area contributed by atoms with Crippen molar-refractivity contribution in [3.8, 4) is 5.75 Å². The lowest BCUT2D eigenvalue weighted by Gasteiger charge is -2.32. The van der Waals surface area contributed by atoms with Gasteiger partial charge in [-0.2, -0.15) is 0 Å². The minimum absolute atomic E-state index is 0.00364. The molecular weight excluding hydrogens is 353 g/mol. The second-order valence-electron chi connectivity index (χ2n) is 8.21. The Balaban J connectivity index is 1.78. The van der Waals surface area contributed by atoms with E-state index < -0.39 is 7.12 Å². The number of carbonyl (C=O) groups excluding carboxylic acids is 1. The fourth-order valence-electron chi connectivity index (χ4n) is 3.27. The quantitative estimate of drug-likeness (QED) is 0.718. The first kappa shape index (κ1) is 20.7. The number of nitrogens with zero attached hydrogens (tertiary/aromatic N) is 1. The molecule has 0 aliphatic carbocycles. The van der Waals surface area contributed by atoms with Crippen LogP contribution in [0.25, 0.3) is 10.8 Å². The zero-order chi connectivity index (χ0) is 20.5. The van der Waals surface area contributed by atoms with Crippen LogP contribution in [0.4, 0.5) is 0 Å². The smallest absolute Gasteiger partial charge is 0.484 e. The number of hydrogen-bond acceptors (Lipinski definition) is 4. The minimum atomic E-state index is -0.400. The molecule has 2 aromatic carbocycles. The molecule has 0 N–H and O–H groups in total.